The van der Waals surface area contributed by atoms with Gasteiger partial charge in [0.15, 0.2) is 0 Å². The van der Waals surface area contributed by atoms with Gasteiger partial charge < -0.3 is 9.84 Å². The van der Waals surface area contributed by atoms with E-state index < -0.39 is 0 Å². The Hall–Kier alpha value is -2.92. The molecule has 2 aliphatic rings. The highest BCUT2D eigenvalue weighted by Gasteiger charge is 2.19. The van der Waals surface area contributed by atoms with Crippen molar-refractivity contribution in [2.75, 3.05) is 6.61 Å². The molecule has 0 unspecified atom stereocenters. The van der Waals surface area contributed by atoms with Crippen molar-refractivity contribution in [3.63, 3.8) is 0 Å². The van der Waals surface area contributed by atoms with Crippen LogP contribution in [0.25, 0.3) is 33.3 Å². The third kappa shape index (κ3) is 7.19. The number of nitrogens with zero attached hydrogens (tertiary/aromatic N) is 2. The van der Waals surface area contributed by atoms with E-state index in [2.05, 4.69) is 65.9 Å². The largest absolute Gasteiger partial charge is 0.508 e. The summed E-state index contributed by atoms with van der Waals surface area (Å²) in [5.74, 6) is 4.78. The molecule has 4 aromatic rings. The molecule has 39 heavy (non-hydrogen) atoms. The van der Waals surface area contributed by atoms with E-state index in [0.717, 1.165) is 63.4 Å². The van der Waals surface area contributed by atoms with Gasteiger partial charge in [0.25, 0.3) is 0 Å². The lowest BCUT2D eigenvalue weighted by atomic mass is 9.83. The summed E-state index contributed by atoms with van der Waals surface area (Å²) in [6.45, 7) is 7.90. The molecular formula is C34H42N2O2S. The number of phenolic OH excluding ortho intramolecular Hbond substituents is 1. The lowest BCUT2D eigenvalue weighted by Gasteiger charge is -2.26. The van der Waals surface area contributed by atoms with Crippen LogP contribution < -0.4 is 4.74 Å². The Kier molecular flexibility index (Phi) is 9.18. The van der Waals surface area contributed by atoms with E-state index >= 15 is 0 Å². The number of hydrogen-bond acceptors (Lipinski definition) is 5. The maximum absolute atomic E-state index is 9.58. The van der Waals surface area contributed by atoms with Gasteiger partial charge in [0, 0.05) is 11.1 Å². The molecule has 0 saturated heterocycles. The monoisotopic (exact) mass is 542 g/mol. The van der Waals surface area contributed by atoms with Crippen molar-refractivity contribution in [1.29, 1.82) is 0 Å². The Labute approximate surface area is 237 Å². The highest BCUT2D eigenvalue weighted by Crippen LogP contribution is 2.36. The van der Waals surface area contributed by atoms with Crippen molar-refractivity contribution in [2.24, 2.45) is 23.7 Å². The minimum Gasteiger partial charge on any atom is -0.508 e. The minimum absolute atomic E-state index is 0.258. The molecule has 2 saturated carbocycles. The fourth-order valence-corrected chi connectivity index (χ4v) is 6.41. The second kappa shape index (κ2) is 13.0. The second-order valence-electron chi connectivity index (χ2n) is 12.0. The van der Waals surface area contributed by atoms with Crippen LogP contribution in [0.1, 0.15) is 72.1 Å². The second-order valence-corrected chi connectivity index (χ2v) is 12.5. The normalized spacial score (nSPS) is 23.2. The molecule has 0 atom stereocenters. The number of aromatic nitrogens is 2. The topological polar surface area (TPSA) is 55.2 Å². The van der Waals surface area contributed by atoms with Crippen molar-refractivity contribution in [3.8, 4) is 33.8 Å². The molecule has 2 aliphatic carbocycles. The molecule has 1 heterocycles. The molecule has 4 nitrogen and oxygen atoms in total. The third-order valence-electron chi connectivity index (χ3n) is 8.68. The van der Waals surface area contributed by atoms with Crippen LogP contribution in [0.2, 0.25) is 0 Å². The lowest BCUT2D eigenvalue weighted by Crippen LogP contribution is -2.18. The molecule has 0 bridgehead atoms. The Bertz CT molecular complexity index is 1310. The van der Waals surface area contributed by atoms with Gasteiger partial charge in [-0.2, -0.15) is 8.75 Å². The molecule has 5 heteroatoms. The van der Waals surface area contributed by atoms with Gasteiger partial charge >= 0.3 is 0 Å². The van der Waals surface area contributed by atoms with Crippen molar-refractivity contribution in [1.82, 2.24) is 8.75 Å². The maximum atomic E-state index is 9.58. The number of benzene rings is 3. The van der Waals surface area contributed by atoms with Gasteiger partial charge in [0.05, 0.1) is 18.3 Å². The first-order valence-corrected chi connectivity index (χ1v) is 15.5. The average Bonchev–Trinajstić information content (AvgIpc) is 3.45. The van der Waals surface area contributed by atoms with E-state index in [1.807, 2.05) is 12.1 Å². The summed E-state index contributed by atoms with van der Waals surface area (Å²) < 4.78 is 15.2. The zero-order valence-electron chi connectivity index (χ0n) is 23.6. The predicted molar refractivity (Wildman–Crippen MR) is 163 cm³/mol. The van der Waals surface area contributed by atoms with E-state index in [0.29, 0.717) is 5.92 Å². The molecule has 1 aromatic heterocycles. The number of aromatic hydroxyl groups is 1. The fourth-order valence-electron chi connectivity index (χ4n) is 5.84. The maximum Gasteiger partial charge on any atom is 0.119 e. The third-order valence-corrected chi connectivity index (χ3v) is 9.21. The quantitative estimate of drug-likeness (QED) is 0.273. The molecule has 0 amide bonds. The lowest BCUT2D eigenvalue weighted by molar-refractivity contribution is 0.188. The van der Waals surface area contributed by atoms with E-state index in [9.17, 15) is 5.11 Å². The predicted octanol–water partition coefficient (Wildman–Crippen LogP) is 9.77. The zero-order valence-corrected chi connectivity index (χ0v) is 24.4. The number of ether oxygens (including phenoxy) is 1. The summed E-state index contributed by atoms with van der Waals surface area (Å²) in [7, 11) is 0. The number of rotatable bonds is 5. The van der Waals surface area contributed by atoms with Crippen LogP contribution in [0.15, 0.2) is 60.7 Å². The molecule has 2 fully saturated rings. The molecule has 0 radical (unpaired) electrons. The van der Waals surface area contributed by atoms with Crippen LogP contribution in [0.3, 0.4) is 0 Å². The van der Waals surface area contributed by atoms with E-state index in [1.165, 1.54) is 63.1 Å². The van der Waals surface area contributed by atoms with Crippen molar-refractivity contribution < 1.29 is 9.84 Å². The summed E-state index contributed by atoms with van der Waals surface area (Å²) in [4.78, 5) is 0. The van der Waals surface area contributed by atoms with E-state index in [4.69, 9.17) is 4.74 Å². The zero-order chi connectivity index (χ0) is 27.2. The summed E-state index contributed by atoms with van der Waals surface area (Å²) >= 11 is 1.23. The smallest absolute Gasteiger partial charge is 0.119 e. The van der Waals surface area contributed by atoms with Crippen LogP contribution in [0.4, 0.5) is 0 Å². The van der Waals surface area contributed by atoms with E-state index in [1.54, 1.807) is 12.1 Å². The fraction of sp³-hybridized carbons (Fsp3) is 0.471. The first-order chi connectivity index (χ1) is 19.0. The van der Waals surface area contributed by atoms with Crippen molar-refractivity contribution in [2.45, 2.75) is 72.1 Å². The molecule has 6 rings (SSSR count). The molecular weight excluding hydrogens is 500 g/mol. The van der Waals surface area contributed by atoms with Crippen molar-refractivity contribution in [3.05, 3.63) is 60.7 Å². The first-order valence-electron chi connectivity index (χ1n) is 14.7. The SMILES string of the molecule is CC1CCC(C)CC1.CC1CCC(COc2ccc(-c3ccc(-c4ccc(O)cc4)c4nsnc34)cc2)CC1. The van der Waals surface area contributed by atoms with Gasteiger partial charge in [-0.15, -0.1) is 0 Å². The van der Waals surface area contributed by atoms with Crippen LogP contribution in [0.5, 0.6) is 11.5 Å². The summed E-state index contributed by atoms with van der Waals surface area (Å²) in [6.07, 6.45) is 11.1. The van der Waals surface area contributed by atoms with Crippen LogP contribution in [-0.2, 0) is 0 Å². The van der Waals surface area contributed by atoms with Crippen LogP contribution >= 0.6 is 11.7 Å². The first kappa shape index (κ1) is 27.6. The highest BCUT2D eigenvalue weighted by molar-refractivity contribution is 7.00. The van der Waals surface area contributed by atoms with Gasteiger partial charge in [-0.25, -0.2) is 0 Å². The van der Waals surface area contributed by atoms with Crippen molar-refractivity contribution >= 4 is 22.8 Å². The van der Waals surface area contributed by atoms with Gasteiger partial charge in [0.1, 0.15) is 22.5 Å². The van der Waals surface area contributed by atoms with Crippen LogP contribution in [0, 0.1) is 23.7 Å². The van der Waals surface area contributed by atoms with Crippen LogP contribution in [-0.4, -0.2) is 20.5 Å². The molecule has 1 N–H and O–H groups in total. The molecule has 3 aromatic carbocycles. The standard InChI is InChI=1S/C26H26N2O2S.C8H16/c1-17-2-4-18(5-3-17)16-30-22-12-8-20(9-13-22)24-15-14-23(25-26(24)28-31-27-25)19-6-10-21(29)11-7-19;1-7-3-5-8(2)6-4-7/h6-15,17-18,29H,2-5,16H2,1H3;7-8H,3-6H2,1-2H3. The minimum atomic E-state index is 0.258. The highest BCUT2D eigenvalue weighted by atomic mass is 32.1. The van der Waals surface area contributed by atoms with Gasteiger partial charge in [-0.1, -0.05) is 95.7 Å². The van der Waals surface area contributed by atoms with Gasteiger partial charge in [0.2, 0.25) is 0 Å². The Morgan fingerprint density at radius 1 is 0.641 bits per heavy atom. The number of fused-ring (bicyclic) bond motifs is 1. The van der Waals surface area contributed by atoms with Gasteiger partial charge in [-0.3, -0.25) is 0 Å². The average molecular weight is 543 g/mol. The molecule has 206 valence electrons. The Morgan fingerprint density at radius 2 is 1.08 bits per heavy atom. The summed E-state index contributed by atoms with van der Waals surface area (Å²) in [6, 6.07) is 19.7. The van der Waals surface area contributed by atoms with Gasteiger partial charge in [-0.05, 0) is 71.9 Å². The summed E-state index contributed by atoms with van der Waals surface area (Å²) in [5.41, 5.74) is 6.01. The number of hydrogen-bond donors (Lipinski definition) is 1. The van der Waals surface area contributed by atoms with E-state index in [-0.39, 0.29) is 5.75 Å². The molecule has 0 aliphatic heterocycles. The number of phenols is 1. The molecule has 0 spiro atoms. The Balaban J connectivity index is 0.000000332. The summed E-state index contributed by atoms with van der Waals surface area (Å²) in [5, 5.41) is 9.58. The Morgan fingerprint density at radius 3 is 1.56 bits per heavy atom.